The zero-order valence-corrected chi connectivity index (χ0v) is 12.3. The van der Waals surface area contributed by atoms with Crippen LogP contribution >= 0.6 is 31.9 Å². The van der Waals surface area contributed by atoms with Gasteiger partial charge >= 0.3 is 0 Å². The van der Waals surface area contributed by atoms with Gasteiger partial charge in [-0.2, -0.15) is 0 Å². The summed E-state index contributed by atoms with van der Waals surface area (Å²) in [7, 11) is 0. The second-order valence-electron chi connectivity index (χ2n) is 4.02. The Hall–Kier alpha value is -0.420. The first-order valence-corrected chi connectivity index (χ1v) is 7.37. The molecule has 0 atom stereocenters. The number of alkyl halides is 1. The van der Waals surface area contributed by atoms with Gasteiger partial charge < -0.3 is 4.90 Å². The fraction of sp³-hybridized carbons (Fsp3) is 0.417. The molecule has 2 rings (SSSR count). The van der Waals surface area contributed by atoms with E-state index in [0.29, 0.717) is 18.2 Å². The lowest BCUT2D eigenvalue weighted by atomic mass is 10.2. The van der Waals surface area contributed by atoms with Gasteiger partial charge in [0.25, 0.3) is 5.91 Å². The normalized spacial score (nSPS) is 14.8. The number of carbonyl (C=O) groups excluding carboxylic acids is 1. The van der Waals surface area contributed by atoms with Crippen LogP contribution in [-0.2, 0) is 0 Å². The van der Waals surface area contributed by atoms with Crippen molar-refractivity contribution in [3.63, 3.8) is 0 Å². The molecule has 1 aromatic rings. The van der Waals surface area contributed by atoms with E-state index < -0.39 is 5.82 Å². The Labute approximate surface area is 116 Å². The lowest BCUT2D eigenvalue weighted by Gasteiger charge is -2.22. The van der Waals surface area contributed by atoms with Crippen LogP contribution < -0.4 is 0 Å². The predicted molar refractivity (Wildman–Crippen MR) is 72.0 cm³/mol. The number of amides is 1. The van der Waals surface area contributed by atoms with Crippen LogP contribution in [0.5, 0.6) is 0 Å². The van der Waals surface area contributed by atoms with Gasteiger partial charge in [0.1, 0.15) is 5.82 Å². The van der Waals surface area contributed by atoms with Crippen molar-refractivity contribution in [2.45, 2.75) is 18.9 Å². The summed E-state index contributed by atoms with van der Waals surface area (Å²) < 4.78 is 13.6. The van der Waals surface area contributed by atoms with Crippen molar-refractivity contribution in [1.82, 2.24) is 4.90 Å². The van der Waals surface area contributed by atoms with E-state index in [-0.39, 0.29) is 10.4 Å². The highest BCUT2D eigenvalue weighted by Crippen LogP contribution is 2.30. The van der Waals surface area contributed by atoms with Crippen LogP contribution in [0.25, 0.3) is 0 Å². The Kier molecular flexibility index (Phi) is 4.20. The van der Waals surface area contributed by atoms with Gasteiger partial charge in [0, 0.05) is 17.9 Å². The van der Waals surface area contributed by atoms with Crippen molar-refractivity contribution in [2.75, 3.05) is 11.9 Å². The number of nitrogens with zero attached hydrogens (tertiary/aromatic N) is 1. The number of halogens is 3. The molecule has 0 saturated heterocycles. The van der Waals surface area contributed by atoms with Crippen LogP contribution in [0.2, 0.25) is 0 Å². The molecule has 5 heteroatoms. The monoisotopic (exact) mass is 363 g/mol. The maximum atomic E-state index is 13.4. The average Bonchev–Trinajstić information content (AvgIpc) is 3.13. The molecular weight excluding hydrogens is 353 g/mol. The van der Waals surface area contributed by atoms with E-state index >= 15 is 0 Å². The third-order valence-electron chi connectivity index (χ3n) is 2.76. The molecule has 1 aromatic carbocycles. The van der Waals surface area contributed by atoms with Crippen LogP contribution in [-0.4, -0.2) is 28.7 Å². The van der Waals surface area contributed by atoms with Crippen LogP contribution in [0.1, 0.15) is 23.2 Å². The molecule has 0 spiro atoms. The zero-order chi connectivity index (χ0) is 12.4. The molecule has 92 valence electrons. The van der Waals surface area contributed by atoms with Crippen molar-refractivity contribution in [1.29, 1.82) is 0 Å². The molecule has 2 nitrogen and oxygen atoms in total. The number of carbonyl (C=O) groups is 1. The van der Waals surface area contributed by atoms with Crippen molar-refractivity contribution >= 4 is 37.8 Å². The summed E-state index contributed by atoms with van der Waals surface area (Å²) in [5, 5.41) is 0.738. The van der Waals surface area contributed by atoms with Gasteiger partial charge in [-0.3, -0.25) is 4.79 Å². The average molecular weight is 365 g/mol. The van der Waals surface area contributed by atoms with Crippen LogP contribution in [0.4, 0.5) is 4.39 Å². The Balaban J connectivity index is 2.25. The summed E-state index contributed by atoms with van der Waals surface area (Å²) in [5.41, 5.74) is 0.401. The van der Waals surface area contributed by atoms with Gasteiger partial charge in [-0.15, -0.1) is 0 Å². The maximum absolute atomic E-state index is 13.4. The van der Waals surface area contributed by atoms with E-state index in [4.69, 9.17) is 0 Å². The molecular formula is C12H12Br2FNO. The third kappa shape index (κ3) is 2.88. The molecule has 0 unspecified atom stereocenters. The van der Waals surface area contributed by atoms with Gasteiger partial charge in [0.2, 0.25) is 0 Å². The Bertz CT molecular complexity index is 435. The summed E-state index contributed by atoms with van der Waals surface area (Å²) in [6.07, 6.45) is 2.09. The van der Waals surface area contributed by atoms with Gasteiger partial charge in [-0.1, -0.05) is 22.0 Å². The molecule has 0 aliphatic heterocycles. The van der Waals surface area contributed by atoms with Crippen molar-refractivity contribution < 1.29 is 9.18 Å². The lowest BCUT2D eigenvalue weighted by molar-refractivity contribution is 0.0753. The fourth-order valence-electron chi connectivity index (χ4n) is 1.75. The summed E-state index contributed by atoms with van der Waals surface area (Å²) in [6, 6.07) is 4.88. The van der Waals surface area contributed by atoms with E-state index in [1.165, 1.54) is 6.07 Å². The summed E-state index contributed by atoms with van der Waals surface area (Å²) in [6.45, 7) is 0.659. The van der Waals surface area contributed by atoms with Gasteiger partial charge in [-0.25, -0.2) is 4.39 Å². The standard InChI is InChI=1S/C12H12Br2FNO/c13-6-7-16(8-4-5-8)12(17)9-2-1-3-10(15)11(9)14/h1-3,8H,4-7H2. The largest absolute Gasteiger partial charge is 0.335 e. The van der Waals surface area contributed by atoms with Crippen LogP contribution in [0.3, 0.4) is 0 Å². The van der Waals surface area contributed by atoms with E-state index in [9.17, 15) is 9.18 Å². The molecule has 1 fully saturated rings. The van der Waals surface area contributed by atoms with E-state index in [1.54, 1.807) is 12.1 Å². The van der Waals surface area contributed by atoms with Crippen LogP contribution in [0, 0.1) is 5.82 Å². The molecule has 1 aliphatic rings. The topological polar surface area (TPSA) is 20.3 Å². The zero-order valence-electron chi connectivity index (χ0n) is 9.13. The second kappa shape index (κ2) is 5.48. The van der Waals surface area contributed by atoms with Crippen molar-refractivity contribution in [3.8, 4) is 0 Å². The SMILES string of the molecule is O=C(c1cccc(F)c1Br)N(CCBr)C1CC1. The van der Waals surface area contributed by atoms with E-state index in [0.717, 1.165) is 18.2 Å². The smallest absolute Gasteiger partial charge is 0.255 e. The third-order valence-corrected chi connectivity index (χ3v) is 3.92. The first kappa shape index (κ1) is 13.0. The predicted octanol–water partition coefficient (Wildman–Crippen LogP) is 3.59. The summed E-state index contributed by atoms with van der Waals surface area (Å²) in [5.74, 6) is -0.497. The number of benzene rings is 1. The first-order chi connectivity index (χ1) is 8.15. The minimum Gasteiger partial charge on any atom is -0.335 e. The van der Waals surface area contributed by atoms with Gasteiger partial charge in [0.05, 0.1) is 10.0 Å². The molecule has 0 heterocycles. The van der Waals surface area contributed by atoms with Gasteiger partial charge in [-0.05, 0) is 40.9 Å². The minimum absolute atomic E-state index is 0.0988. The van der Waals surface area contributed by atoms with Crippen LogP contribution in [0.15, 0.2) is 22.7 Å². The quantitative estimate of drug-likeness (QED) is 0.747. The number of rotatable bonds is 4. The molecule has 17 heavy (non-hydrogen) atoms. The lowest BCUT2D eigenvalue weighted by Crippen LogP contribution is -2.35. The molecule has 0 aromatic heterocycles. The second-order valence-corrected chi connectivity index (χ2v) is 5.61. The molecule has 1 amide bonds. The Morgan fingerprint density at radius 3 is 2.76 bits per heavy atom. The molecule has 1 aliphatic carbocycles. The summed E-state index contributed by atoms with van der Waals surface area (Å²) >= 11 is 6.48. The number of hydrogen-bond acceptors (Lipinski definition) is 1. The number of hydrogen-bond donors (Lipinski definition) is 0. The highest BCUT2D eigenvalue weighted by molar-refractivity contribution is 9.10. The minimum atomic E-state index is -0.398. The van der Waals surface area contributed by atoms with E-state index in [2.05, 4.69) is 31.9 Å². The fourth-order valence-corrected chi connectivity index (χ4v) is 2.57. The summed E-state index contributed by atoms with van der Waals surface area (Å²) in [4.78, 5) is 14.1. The Morgan fingerprint density at radius 2 is 2.18 bits per heavy atom. The Morgan fingerprint density at radius 1 is 1.47 bits per heavy atom. The maximum Gasteiger partial charge on any atom is 0.255 e. The highest BCUT2D eigenvalue weighted by atomic mass is 79.9. The molecule has 1 saturated carbocycles. The molecule has 0 bridgehead atoms. The van der Waals surface area contributed by atoms with Gasteiger partial charge in [0.15, 0.2) is 0 Å². The first-order valence-electron chi connectivity index (χ1n) is 5.46. The van der Waals surface area contributed by atoms with E-state index in [1.807, 2.05) is 4.90 Å². The molecule has 0 N–H and O–H groups in total. The van der Waals surface area contributed by atoms with Crippen molar-refractivity contribution in [2.24, 2.45) is 0 Å². The highest BCUT2D eigenvalue weighted by Gasteiger charge is 2.33. The van der Waals surface area contributed by atoms with Crippen molar-refractivity contribution in [3.05, 3.63) is 34.1 Å². The molecule has 0 radical (unpaired) electrons.